The summed E-state index contributed by atoms with van der Waals surface area (Å²) in [6, 6.07) is 5.98. The van der Waals surface area contributed by atoms with Crippen molar-refractivity contribution in [2.75, 3.05) is 0 Å². The molecule has 0 aliphatic rings. The van der Waals surface area contributed by atoms with E-state index < -0.39 is 11.9 Å². The van der Waals surface area contributed by atoms with Crippen LogP contribution >= 0.6 is 0 Å². The van der Waals surface area contributed by atoms with Crippen LogP contribution in [-0.4, -0.2) is 20.6 Å². The molecule has 18 heavy (non-hydrogen) atoms. The summed E-state index contributed by atoms with van der Waals surface area (Å²) < 4.78 is 2.01. The largest absolute Gasteiger partial charge is 0.481 e. The molecule has 2 unspecified atom stereocenters. The number of hydrogen-bond donors (Lipinski definition) is 1. The highest BCUT2D eigenvalue weighted by molar-refractivity contribution is 5.80. The summed E-state index contributed by atoms with van der Waals surface area (Å²) in [5.74, 6) is -0.513. The van der Waals surface area contributed by atoms with Gasteiger partial charge in [-0.2, -0.15) is 0 Å². The van der Waals surface area contributed by atoms with Crippen molar-refractivity contribution >= 4 is 17.0 Å². The fourth-order valence-corrected chi connectivity index (χ4v) is 2.33. The lowest BCUT2D eigenvalue weighted by atomic mass is 9.95. The lowest BCUT2D eigenvalue weighted by Crippen LogP contribution is -2.19. The maximum absolute atomic E-state index is 11.1. The summed E-state index contributed by atoms with van der Waals surface area (Å²) in [6.45, 7) is 5.67. The number of benzene rings is 1. The second kappa shape index (κ2) is 4.44. The Morgan fingerprint density at radius 1 is 1.39 bits per heavy atom. The molecular formula is C14H18N2O2. The Kier molecular flexibility index (Phi) is 3.11. The van der Waals surface area contributed by atoms with E-state index in [1.807, 2.05) is 43.7 Å². The van der Waals surface area contributed by atoms with E-state index in [2.05, 4.69) is 4.98 Å². The lowest BCUT2D eigenvalue weighted by Gasteiger charge is -2.15. The van der Waals surface area contributed by atoms with Crippen LogP contribution in [0.3, 0.4) is 0 Å². The third kappa shape index (κ3) is 1.88. The first kappa shape index (κ1) is 12.6. The molecule has 0 aliphatic heterocycles. The van der Waals surface area contributed by atoms with Crippen molar-refractivity contribution in [2.24, 2.45) is 13.0 Å². The summed E-state index contributed by atoms with van der Waals surface area (Å²) in [4.78, 5) is 15.6. The molecule has 0 aliphatic carbocycles. The topological polar surface area (TPSA) is 55.1 Å². The molecule has 0 fully saturated rings. The highest BCUT2D eigenvalue weighted by Crippen LogP contribution is 2.27. The van der Waals surface area contributed by atoms with Gasteiger partial charge in [0.15, 0.2) is 0 Å². The van der Waals surface area contributed by atoms with Gasteiger partial charge >= 0.3 is 5.97 Å². The van der Waals surface area contributed by atoms with E-state index in [9.17, 15) is 4.79 Å². The molecule has 1 N–H and O–H groups in total. The molecule has 2 atom stereocenters. The van der Waals surface area contributed by atoms with Crippen LogP contribution in [0.2, 0.25) is 0 Å². The van der Waals surface area contributed by atoms with Crippen LogP contribution < -0.4 is 0 Å². The van der Waals surface area contributed by atoms with Crippen molar-refractivity contribution in [1.29, 1.82) is 0 Å². The molecule has 2 rings (SSSR count). The van der Waals surface area contributed by atoms with E-state index in [-0.39, 0.29) is 5.92 Å². The van der Waals surface area contributed by atoms with E-state index in [1.165, 1.54) is 0 Å². The SMILES string of the molecule is Cc1cccc2nc(C(C)C(C)C(=O)O)n(C)c12. The van der Waals surface area contributed by atoms with Crippen molar-refractivity contribution in [3.05, 3.63) is 29.6 Å². The Labute approximate surface area is 106 Å². The fraction of sp³-hybridized carbons (Fsp3) is 0.429. The van der Waals surface area contributed by atoms with Gasteiger partial charge in [-0.25, -0.2) is 4.98 Å². The number of hydrogen-bond acceptors (Lipinski definition) is 2. The average molecular weight is 246 g/mol. The first-order chi connectivity index (χ1) is 8.43. The Balaban J connectivity index is 2.56. The molecular weight excluding hydrogens is 228 g/mol. The van der Waals surface area contributed by atoms with Gasteiger partial charge in [-0.1, -0.05) is 26.0 Å². The predicted octanol–water partition coefficient (Wildman–Crippen LogP) is 2.71. The molecule has 4 nitrogen and oxygen atoms in total. The van der Waals surface area contributed by atoms with Crippen molar-refractivity contribution in [3.8, 4) is 0 Å². The second-order valence-corrected chi connectivity index (χ2v) is 4.89. The molecule has 0 amide bonds. The number of rotatable bonds is 3. The minimum Gasteiger partial charge on any atom is -0.481 e. The van der Waals surface area contributed by atoms with Crippen LogP contribution in [0.1, 0.15) is 31.2 Å². The number of fused-ring (bicyclic) bond motifs is 1. The van der Waals surface area contributed by atoms with Crippen LogP contribution in [0.5, 0.6) is 0 Å². The molecule has 1 aromatic heterocycles. The molecule has 0 spiro atoms. The molecule has 96 valence electrons. The molecule has 0 bridgehead atoms. The highest BCUT2D eigenvalue weighted by atomic mass is 16.4. The average Bonchev–Trinajstić information content (AvgIpc) is 2.66. The van der Waals surface area contributed by atoms with Gasteiger partial charge in [0.05, 0.1) is 17.0 Å². The van der Waals surface area contributed by atoms with Gasteiger partial charge in [0.2, 0.25) is 0 Å². The fourth-order valence-electron chi connectivity index (χ4n) is 2.33. The second-order valence-electron chi connectivity index (χ2n) is 4.89. The minimum absolute atomic E-state index is 0.112. The first-order valence-corrected chi connectivity index (χ1v) is 6.08. The number of nitrogens with zero attached hydrogens (tertiary/aromatic N) is 2. The standard InChI is InChI=1S/C14H18N2O2/c1-8-6-5-7-11-12(8)16(4)13(15-11)9(2)10(3)14(17)18/h5-7,9-10H,1-4H3,(H,17,18). The number of imidazole rings is 1. The highest BCUT2D eigenvalue weighted by Gasteiger charge is 2.25. The maximum Gasteiger partial charge on any atom is 0.306 e. The summed E-state index contributed by atoms with van der Waals surface area (Å²) in [6.07, 6.45) is 0. The lowest BCUT2D eigenvalue weighted by molar-refractivity contribution is -0.141. The summed E-state index contributed by atoms with van der Waals surface area (Å²) in [5, 5.41) is 9.10. The summed E-state index contributed by atoms with van der Waals surface area (Å²) >= 11 is 0. The van der Waals surface area contributed by atoms with E-state index in [4.69, 9.17) is 5.11 Å². The number of aromatic nitrogens is 2. The van der Waals surface area contributed by atoms with Gasteiger partial charge < -0.3 is 9.67 Å². The van der Waals surface area contributed by atoms with Crippen LogP contribution in [0, 0.1) is 12.8 Å². The number of para-hydroxylation sites is 1. The zero-order chi connectivity index (χ0) is 13.4. The van der Waals surface area contributed by atoms with E-state index in [1.54, 1.807) is 6.92 Å². The zero-order valence-electron chi connectivity index (χ0n) is 11.1. The van der Waals surface area contributed by atoms with Crippen molar-refractivity contribution < 1.29 is 9.90 Å². The monoisotopic (exact) mass is 246 g/mol. The molecule has 4 heteroatoms. The van der Waals surface area contributed by atoms with Gasteiger partial charge in [-0.05, 0) is 18.6 Å². The quantitative estimate of drug-likeness (QED) is 0.906. The van der Waals surface area contributed by atoms with Crippen LogP contribution in [0.15, 0.2) is 18.2 Å². The number of carbonyl (C=O) groups is 1. The van der Waals surface area contributed by atoms with Crippen molar-refractivity contribution in [1.82, 2.24) is 9.55 Å². The van der Waals surface area contributed by atoms with Gasteiger partial charge in [0, 0.05) is 13.0 Å². The number of aryl methyl sites for hydroxylation is 2. The zero-order valence-corrected chi connectivity index (χ0v) is 11.1. The molecule has 0 saturated heterocycles. The van der Waals surface area contributed by atoms with Crippen LogP contribution in [-0.2, 0) is 11.8 Å². The number of aliphatic carboxylic acids is 1. The predicted molar refractivity (Wildman–Crippen MR) is 70.7 cm³/mol. The Hall–Kier alpha value is -1.84. The maximum atomic E-state index is 11.1. The Morgan fingerprint density at radius 3 is 2.61 bits per heavy atom. The molecule has 1 aromatic carbocycles. The summed E-state index contributed by atoms with van der Waals surface area (Å²) in [7, 11) is 1.95. The normalized spacial score (nSPS) is 14.7. The van der Waals surface area contributed by atoms with Crippen molar-refractivity contribution in [2.45, 2.75) is 26.7 Å². The van der Waals surface area contributed by atoms with E-state index in [0.29, 0.717) is 0 Å². The molecule has 0 radical (unpaired) electrons. The van der Waals surface area contributed by atoms with Gasteiger partial charge in [-0.15, -0.1) is 0 Å². The summed E-state index contributed by atoms with van der Waals surface area (Å²) in [5.41, 5.74) is 3.16. The third-order valence-electron chi connectivity index (χ3n) is 3.68. The molecule has 2 aromatic rings. The first-order valence-electron chi connectivity index (χ1n) is 6.08. The van der Waals surface area contributed by atoms with E-state index in [0.717, 1.165) is 22.4 Å². The molecule has 0 saturated carbocycles. The van der Waals surface area contributed by atoms with Gasteiger partial charge in [0.25, 0.3) is 0 Å². The van der Waals surface area contributed by atoms with Gasteiger partial charge in [0.1, 0.15) is 5.82 Å². The van der Waals surface area contributed by atoms with E-state index >= 15 is 0 Å². The third-order valence-corrected chi connectivity index (χ3v) is 3.68. The Bertz CT molecular complexity index is 601. The Morgan fingerprint density at radius 2 is 2.06 bits per heavy atom. The van der Waals surface area contributed by atoms with Crippen LogP contribution in [0.4, 0.5) is 0 Å². The van der Waals surface area contributed by atoms with Crippen LogP contribution in [0.25, 0.3) is 11.0 Å². The molecule has 1 heterocycles. The van der Waals surface area contributed by atoms with Gasteiger partial charge in [-0.3, -0.25) is 4.79 Å². The van der Waals surface area contributed by atoms with Crippen molar-refractivity contribution in [3.63, 3.8) is 0 Å². The number of carboxylic acid groups (broad SMARTS) is 1. The number of carboxylic acids is 1. The smallest absolute Gasteiger partial charge is 0.306 e. The minimum atomic E-state index is -0.786.